The van der Waals surface area contributed by atoms with Crippen LogP contribution in [-0.2, 0) is 25.5 Å². The molecular weight excluding hydrogens is 360 g/mol. The van der Waals surface area contributed by atoms with Gasteiger partial charge in [0.1, 0.15) is 6.54 Å². The molecule has 1 N–H and O–H groups in total. The summed E-state index contributed by atoms with van der Waals surface area (Å²) in [7, 11) is 0. The lowest BCUT2D eigenvalue weighted by Gasteiger charge is -2.25. The highest BCUT2D eigenvalue weighted by molar-refractivity contribution is 6.11. The third-order valence-corrected chi connectivity index (χ3v) is 4.46. The maximum absolute atomic E-state index is 12.4. The molecule has 0 saturated carbocycles. The molecule has 144 valence electrons. The van der Waals surface area contributed by atoms with Crippen LogP contribution in [0.2, 0.25) is 0 Å². The van der Waals surface area contributed by atoms with E-state index in [1.165, 1.54) is 0 Å². The molecule has 0 aromatic heterocycles. The molecule has 0 saturated heterocycles. The minimum Gasteiger partial charge on any atom is -0.454 e. The summed E-state index contributed by atoms with van der Waals surface area (Å²) in [6.07, 6.45) is 0.0459. The average Bonchev–Trinajstić information content (AvgIpc) is 2.70. The van der Waals surface area contributed by atoms with Gasteiger partial charge in [-0.3, -0.25) is 24.1 Å². The fourth-order valence-corrected chi connectivity index (χ4v) is 2.99. The third-order valence-electron chi connectivity index (χ3n) is 4.46. The van der Waals surface area contributed by atoms with Gasteiger partial charge in [0.2, 0.25) is 5.91 Å². The van der Waals surface area contributed by atoms with Gasteiger partial charge in [0.25, 0.3) is 11.8 Å². The van der Waals surface area contributed by atoms with Gasteiger partial charge in [-0.05, 0) is 24.1 Å². The van der Waals surface area contributed by atoms with E-state index in [4.69, 9.17) is 4.74 Å². The van der Waals surface area contributed by atoms with E-state index in [0.717, 1.165) is 10.5 Å². The summed E-state index contributed by atoms with van der Waals surface area (Å²) >= 11 is 0. The number of hydrogen-bond donors (Lipinski definition) is 1. The maximum atomic E-state index is 12.4. The van der Waals surface area contributed by atoms with Gasteiger partial charge in [-0.25, -0.2) is 0 Å². The monoisotopic (exact) mass is 380 g/mol. The fraction of sp³-hybridized carbons (Fsp3) is 0.238. The number of nitrogens with one attached hydrogen (secondary N) is 1. The van der Waals surface area contributed by atoms with Gasteiger partial charge in [0.15, 0.2) is 6.61 Å². The second-order valence-electron chi connectivity index (χ2n) is 6.48. The predicted octanol–water partition coefficient (Wildman–Crippen LogP) is 1.63. The van der Waals surface area contributed by atoms with Gasteiger partial charge >= 0.3 is 5.97 Å². The van der Waals surface area contributed by atoms with Crippen LogP contribution in [-0.4, -0.2) is 41.7 Å². The van der Waals surface area contributed by atoms with Crippen LogP contribution in [0, 0.1) is 0 Å². The maximum Gasteiger partial charge on any atom is 0.326 e. The van der Waals surface area contributed by atoms with Crippen molar-refractivity contribution < 1.29 is 23.9 Å². The Morgan fingerprint density at radius 1 is 1.07 bits per heavy atom. The van der Waals surface area contributed by atoms with Crippen LogP contribution in [0.15, 0.2) is 54.6 Å². The summed E-state index contributed by atoms with van der Waals surface area (Å²) in [5.74, 6) is -2.29. The normalized spacial score (nSPS) is 14.2. The summed E-state index contributed by atoms with van der Waals surface area (Å²) in [5, 5.41) is 2.72. The van der Waals surface area contributed by atoms with Crippen molar-refractivity contribution >= 4 is 23.7 Å². The number of nitrogens with zero attached hydrogens (tertiary/aromatic N) is 1. The highest BCUT2D eigenvalue weighted by atomic mass is 16.5. The molecule has 3 amide bonds. The molecule has 0 fully saturated rings. The van der Waals surface area contributed by atoms with E-state index in [1.54, 1.807) is 24.3 Å². The van der Waals surface area contributed by atoms with E-state index in [1.807, 2.05) is 37.3 Å². The number of carbonyl (C=O) groups excluding carboxylic acids is 4. The Balaban J connectivity index is 1.51. The molecule has 28 heavy (non-hydrogen) atoms. The van der Waals surface area contributed by atoms with Crippen molar-refractivity contribution in [2.45, 2.75) is 19.4 Å². The smallest absolute Gasteiger partial charge is 0.326 e. The minimum absolute atomic E-state index is 0.0459. The lowest BCUT2D eigenvalue weighted by molar-refractivity contribution is -0.151. The van der Waals surface area contributed by atoms with Gasteiger partial charge in [0.05, 0.1) is 12.5 Å². The second-order valence-corrected chi connectivity index (χ2v) is 6.48. The highest BCUT2D eigenvalue weighted by Crippen LogP contribution is 2.19. The van der Waals surface area contributed by atoms with Crippen LogP contribution >= 0.6 is 0 Å². The largest absolute Gasteiger partial charge is 0.454 e. The second kappa shape index (κ2) is 8.47. The molecule has 0 aliphatic carbocycles. The number of imide groups is 1. The van der Waals surface area contributed by atoms with Crippen LogP contribution in [0.1, 0.15) is 34.5 Å². The molecule has 1 aliphatic rings. The first-order valence-electron chi connectivity index (χ1n) is 8.88. The van der Waals surface area contributed by atoms with Crippen LogP contribution in [0.4, 0.5) is 0 Å². The zero-order valence-electron chi connectivity index (χ0n) is 15.4. The third kappa shape index (κ3) is 4.43. The van der Waals surface area contributed by atoms with Crippen molar-refractivity contribution in [1.82, 2.24) is 10.2 Å². The van der Waals surface area contributed by atoms with E-state index in [9.17, 15) is 19.2 Å². The van der Waals surface area contributed by atoms with E-state index in [0.29, 0.717) is 11.1 Å². The standard InChI is InChI=1S/C21H20N2O5/c1-14(15-7-3-2-4-8-15)22-18(24)13-28-20(26)12-23-19(25)11-16-9-5-6-10-17(16)21(23)27/h2-10,14H,11-13H2,1H3,(H,22,24)/t14-/m1/s1. The zero-order chi connectivity index (χ0) is 20.1. The summed E-state index contributed by atoms with van der Waals surface area (Å²) < 4.78 is 4.93. The van der Waals surface area contributed by atoms with Crippen LogP contribution in [0.3, 0.4) is 0 Å². The molecular formula is C21H20N2O5. The van der Waals surface area contributed by atoms with Crippen molar-refractivity contribution in [3.05, 3.63) is 71.3 Å². The first-order chi connectivity index (χ1) is 13.5. The number of amides is 3. The first kappa shape index (κ1) is 19.3. The van der Waals surface area contributed by atoms with Crippen LogP contribution < -0.4 is 5.32 Å². The fourth-order valence-electron chi connectivity index (χ4n) is 2.99. The molecule has 7 nitrogen and oxygen atoms in total. The van der Waals surface area contributed by atoms with Gasteiger partial charge in [-0.2, -0.15) is 0 Å². The molecule has 1 heterocycles. The number of benzene rings is 2. The van der Waals surface area contributed by atoms with Crippen molar-refractivity contribution in [3.8, 4) is 0 Å². The molecule has 0 bridgehead atoms. The van der Waals surface area contributed by atoms with Gasteiger partial charge < -0.3 is 10.1 Å². The number of esters is 1. The van der Waals surface area contributed by atoms with Crippen LogP contribution in [0.5, 0.6) is 0 Å². The molecule has 2 aromatic rings. The van der Waals surface area contributed by atoms with Crippen LogP contribution in [0.25, 0.3) is 0 Å². The Kier molecular flexibility index (Phi) is 5.84. The topological polar surface area (TPSA) is 92.8 Å². The van der Waals surface area contributed by atoms with E-state index < -0.39 is 36.8 Å². The minimum atomic E-state index is -0.816. The molecule has 1 atom stereocenters. The van der Waals surface area contributed by atoms with Crippen molar-refractivity contribution in [2.24, 2.45) is 0 Å². The average molecular weight is 380 g/mol. The quantitative estimate of drug-likeness (QED) is 0.607. The zero-order valence-corrected chi connectivity index (χ0v) is 15.4. The molecule has 2 aromatic carbocycles. The van der Waals surface area contributed by atoms with E-state index >= 15 is 0 Å². The Bertz CT molecular complexity index is 910. The summed E-state index contributed by atoms with van der Waals surface area (Å²) in [6, 6.07) is 15.9. The van der Waals surface area contributed by atoms with Gasteiger partial charge in [-0.1, -0.05) is 48.5 Å². The summed E-state index contributed by atoms with van der Waals surface area (Å²) in [5.41, 5.74) is 1.95. The van der Waals surface area contributed by atoms with Crippen molar-refractivity contribution in [3.63, 3.8) is 0 Å². The SMILES string of the molecule is C[C@@H](NC(=O)COC(=O)CN1C(=O)Cc2ccccc2C1=O)c1ccccc1. The Labute approximate surface area is 162 Å². The predicted molar refractivity (Wildman–Crippen MR) is 100 cm³/mol. The molecule has 0 unspecified atom stereocenters. The Hall–Kier alpha value is -3.48. The number of ether oxygens (including phenoxy) is 1. The molecule has 1 aliphatic heterocycles. The van der Waals surface area contributed by atoms with Crippen molar-refractivity contribution in [2.75, 3.05) is 13.2 Å². The first-order valence-corrected chi connectivity index (χ1v) is 8.88. The number of fused-ring (bicyclic) bond motifs is 1. The molecule has 0 spiro atoms. The Morgan fingerprint density at radius 2 is 1.75 bits per heavy atom. The lowest BCUT2D eigenvalue weighted by Crippen LogP contribution is -2.45. The summed E-state index contributed by atoms with van der Waals surface area (Å²) in [6.45, 7) is 0.813. The lowest BCUT2D eigenvalue weighted by atomic mass is 9.98. The van der Waals surface area contributed by atoms with E-state index in [2.05, 4.69) is 5.32 Å². The molecule has 0 radical (unpaired) electrons. The highest BCUT2D eigenvalue weighted by Gasteiger charge is 2.32. The number of hydrogen-bond acceptors (Lipinski definition) is 5. The molecule has 3 rings (SSSR count). The van der Waals surface area contributed by atoms with Crippen molar-refractivity contribution in [1.29, 1.82) is 0 Å². The van der Waals surface area contributed by atoms with Gasteiger partial charge in [-0.15, -0.1) is 0 Å². The Morgan fingerprint density at radius 3 is 2.50 bits per heavy atom. The van der Waals surface area contributed by atoms with E-state index in [-0.39, 0.29) is 12.5 Å². The molecule has 7 heteroatoms. The number of rotatable bonds is 6. The number of carbonyl (C=O) groups is 4. The summed E-state index contributed by atoms with van der Waals surface area (Å²) in [4.78, 5) is 49.4. The van der Waals surface area contributed by atoms with Gasteiger partial charge in [0, 0.05) is 5.56 Å².